The average molecular weight is 243 g/mol. The molecule has 18 heavy (non-hydrogen) atoms. The van der Waals surface area contributed by atoms with E-state index < -0.39 is 5.91 Å². The van der Waals surface area contributed by atoms with Gasteiger partial charge in [0.1, 0.15) is 0 Å². The van der Waals surface area contributed by atoms with Crippen molar-refractivity contribution in [3.8, 4) is 0 Å². The van der Waals surface area contributed by atoms with Crippen molar-refractivity contribution in [2.24, 2.45) is 5.73 Å². The van der Waals surface area contributed by atoms with E-state index in [1.54, 1.807) is 30.5 Å². The van der Waals surface area contributed by atoms with Crippen molar-refractivity contribution >= 4 is 17.5 Å². The monoisotopic (exact) mass is 243 g/mol. The maximum absolute atomic E-state index is 11.8. The highest BCUT2D eigenvalue weighted by molar-refractivity contribution is 6.03. The van der Waals surface area contributed by atoms with Crippen LogP contribution in [-0.2, 0) is 11.2 Å². The first-order chi connectivity index (χ1) is 8.66. The first kappa shape index (κ1) is 11.9. The molecule has 4 N–H and O–H groups in total. The summed E-state index contributed by atoms with van der Waals surface area (Å²) in [4.78, 5) is 25.9. The number of aromatic nitrogens is 1. The van der Waals surface area contributed by atoms with Gasteiger partial charge in [-0.1, -0.05) is 12.1 Å². The highest BCUT2D eigenvalue weighted by Crippen LogP contribution is 2.14. The lowest BCUT2D eigenvalue weighted by Gasteiger charge is -2.08. The molecule has 0 saturated heterocycles. The van der Waals surface area contributed by atoms with Gasteiger partial charge in [-0.25, -0.2) is 0 Å². The number of carbonyl (C=O) groups excluding carboxylic acids is 2. The Morgan fingerprint density at radius 2 is 1.94 bits per heavy atom. The summed E-state index contributed by atoms with van der Waals surface area (Å²) >= 11 is 0. The molecule has 2 aromatic rings. The van der Waals surface area contributed by atoms with Crippen molar-refractivity contribution in [1.82, 2.24) is 4.98 Å². The fourth-order valence-corrected chi connectivity index (χ4v) is 1.65. The van der Waals surface area contributed by atoms with E-state index in [4.69, 9.17) is 5.73 Å². The third-order valence-corrected chi connectivity index (χ3v) is 2.48. The SMILES string of the molecule is NC(=O)c1ccccc1NC(=O)Cc1ccc[nH]1. The molecule has 0 aliphatic carbocycles. The van der Waals surface area contributed by atoms with Gasteiger partial charge >= 0.3 is 0 Å². The first-order valence-corrected chi connectivity index (χ1v) is 5.48. The maximum atomic E-state index is 11.8. The molecule has 0 fully saturated rings. The third-order valence-electron chi connectivity index (χ3n) is 2.48. The summed E-state index contributed by atoms with van der Waals surface area (Å²) < 4.78 is 0. The molecule has 2 amide bonds. The summed E-state index contributed by atoms with van der Waals surface area (Å²) in [5, 5.41) is 2.67. The molecule has 0 aliphatic heterocycles. The molecule has 1 heterocycles. The number of H-pyrrole nitrogens is 1. The lowest BCUT2D eigenvalue weighted by molar-refractivity contribution is -0.115. The van der Waals surface area contributed by atoms with Gasteiger partial charge in [0.2, 0.25) is 5.91 Å². The van der Waals surface area contributed by atoms with E-state index in [0.717, 1.165) is 5.69 Å². The second-order valence-electron chi connectivity index (χ2n) is 3.83. The predicted octanol–water partition coefficient (Wildman–Crippen LogP) is 1.29. The number of hydrogen-bond acceptors (Lipinski definition) is 2. The lowest BCUT2D eigenvalue weighted by Crippen LogP contribution is -2.19. The minimum atomic E-state index is -0.564. The zero-order valence-electron chi connectivity index (χ0n) is 9.64. The van der Waals surface area contributed by atoms with E-state index in [-0.39, 0.29) is 12.3 Å². The minimum Gasteiger partial charge on any atom is -0.366 e. The summed E-state index contributed by atoms with van der Waals surface area (Å²) in [6.45, 7) is 0. The van der Waals surface area contributed by atoms with E-state index >= 15 is 0 Å². The van der Waals surface area contributed by atoms with Crippen LogP contribution in [0.1, 0.15) is 16.1 Å². The summed E-state index contributed by atoms with van der Waals surface area (Å²) in [5.74, 6) is -0.767. The molecule has 5 nitrogen and oxygen atoms in total. The summed E-state index contributed by atoms with van der Waals surface area (Å²) in [7, 11) is 0. The number of carbonyl (C=O) groups is 2. The molecule has 2 rings (SSSR count). The Kier molecular flexibility index (Phi) is 3.43. The van der Waals surface area contributed by atoms with Crippen molar-refractivity contribution < 1.29 is 9.59 Å². The predicted molar refractivity (Wildman–Crippen MR) is 68.1 cm³/mol. The Labute approximate surface area is 104 Å². The second-order valence-corrected chi connectivity index (χ2v) is 3.83. The molecule has 0 radical (unpaired) electrons. The van der Waals surface area contributed by atoms with Crippen molar-refractivity contribution in [3.63, 3.8) is 0 Å². The number of benzene rings is 1. The molecule has 0 bridgehead atoms. The standard InChI is InChI=1S/C13H13N3O2/c14-13(18)10-5-1-2-6-11(10)16-12(17)8-9-4-3-7-15-9/h1-7,15H,8H2,(H2,14,18)(H,16,17). The normalized spacial score (nSPS) is 10.0. The second kappa shape index (κ2) is 5.18. The Morgan fingerprint density at radius 3 is 2.61 bits per heavy atom. The maximum Gasteiger partial charge on any atom is 0.250 e. The largest absolute Gasteiger partial charge is 0.366 e. The van der Waals surface area contributed by atoms with Gasteiger partial charge in [0.25, 0.3) is 5.91 Å². The van der Waals surface area contributed by atoms with E-state index in [1.165, 1.54) is 0 Å². The average Bonchev–Trinajstić information content (AvgIpc) is 2.82. The smallest absolute Gasteiger partial charge is 0.250 e. The van der Waals surface area contributed by atoms with Crippen LogP contribution >= 0.6 is 0 Å². The number of hydrogen-bond donors (Lipinski definition) is 3. The van der Waals surface area contributed by atoms with Crippen molar-refractivity contribution in [2.75, 3.05) is 5.32 Å². The van der Waals surface area contributed by atoms with Crippen LogP contribution in [0.25, 0.3) is 0 Å². The zero-order valence-corrected chi connectivity index (χ0v) is 9.64. The Hall–Kier alpha value is -2.56. The van der Waals surface area contributed by atoms with Crippen molar-refractivity contribution in [2.45, 2.75) is 6.42 Å². The molecular weight excluding hydrogens is 230 g/mol. The van der Waals surface area contributed by atoms with Crippen LogP contribution < -0.4 is 11.1 Å². The van der Waals surface area contributed by atoms with Gasteiger partial charge in [-0.15, -0.1) is 0 Å². The third kappa shape index (κ3) is 2.76. The molecule has 0 unspecified atom stereocenters. The molecule has 0 spiro atoms. The molecule has 1 aromatic carbocycles. The highest BCUT2D eigenvalue weighted by Gasteiger charge is 2.10. The van der Waals surface area contributed by atoms with Crippen LogP contribution in [-0.4, -0.2) is 16.8 Å². The van der Waals surface area contributed by atoms with Crippen LogP contribution in [0.15, 0.2) is 42.6 Å². The van der Waals surface area contributed by atoms with E-state index in [0.29, 0.717) is 11.3 Å². The number of nitrogens with two attached hydrogens (primary N) is 1. The van der Waals surface area contributed by atoms with E-state index in [2.05, 4.69) is 10.3 Å². The molecule has 0 atom stereocenters. The van der Waals surface area contributed by atoms with Crippen LogP contribution in [0.4, 0.5) is 5.69 Å². The van der Waals surface area contributed by atoms with Gasteiger partial charge in [-0.3, -0.25) is 9.59 Å². The Morgan fingerprint density at radius 1 is 1.17 bits per heavy atom. The number of rotatable bonds is 4. The highest BCUT2D eigenvalue weighted by atomic mass is 16.2. The van der Waals surface area contributed by atoms with Crippen LogP contribution in [0.2, 0.25) is 0 Å². The summed E-state index contributed by atoms with van der Waals surface area (Å²) in [5.41, 5.74) is 6.77. The van der Waals surface area contributed by atoms with E-state index in [9.17, 15) is 9.59 Å². The van der Waals surface area contributed by atoms with E-state index in [1.807, 2.05) is 12.1 Å². The van der Waals surface area contributed by atoms with Crippen LogP contribution in [0.5, 0.6) is 0 Å². The number of nitrogens with one attached hydrogen (secondary N) is 2. The summed E-state index contributed by atoms with van der Waals surface area (Å²) in [6, 6.07) is 10.3. The molecule has 92 valence electrons. The zero-order chi connectivity index (χ0) is 13.0. The minimum absolute atomic E-state index is 0.203. The number of primary amides is 1. The molecule has 0 saturated carbocycles. The number of aromatic amines is 1. The fraction of sp³-hybridized carbons (Fsp3) is 0.0769. The quantitative estimate of drug-likeness (QED) is 0.755. The van der Waals surface area contributed by atoms with Gasteiger partial charge in [0.15, 0.2) is 0 Å². The molecular formula is C13H13N3O2. The summed E-state index contributed by atoms with van der Waals surface area (Å²) in [6.07, 6.45) is 1.97. The van der Waals surface area contributed by atoms with Gasteiger partial charge in [0.05, 0.1) is 17.7 Å². The van der Waals surface area contributed by atoms with Crippen molar-refractivity contribution in [1.29, 1.82) is 0 Å². The Bertz CT molecular complexity index is 561. The molecule has 0 aliphatic rings. The molecule has 5 heteroatoms. The number of anilines is 1. The molecule has 1 aromatic heterocycles. The van der Waals surface area contributed by atoms with Gasteiger partial charge in [-0.2, -0.15) is 0 Å². The Balaban J connectivity index is 2.09. The first-order valence-electron chi connectivity index (χ1n) is 5.48. The van der Waals surface area contributed by atoms with Gasteiger partial charge < -0.3 is 16.0 Å². The number of para-hydroxylation sites is 1. The van der Waals surface area contributed by atoms with Gasteiger partial charge in [0, 0.05) is 11.9 Å². The topological polar surface area (TPSA) is 88.0 Å². The van der Waals surface area contributed by atoms with Crippen LogP contribution in [0.3, 0.4) is 0 Å². The fourth-order valence-electron chi connectivity index (χ4n) is 1.65. The number of amides is 2. The van der Waals surface area contributed by atoms with Gasteiger partial charge in [-0.05, 0) is 24.3 Å². The van der Waals surface area contributed by atoms with Crippen LogP contribution in [0, 0.1) is 0 Å². The lowest BCUT2D eigenvalue weighted by atomic mass is 10.1. The van der Waals surface area contributed by atoms with Crippen molar-refractivity contribution in [3.05, 3.63) is 53.9 Å².